The summed E-state index contributed by atoms with van der Waals surface area (Å²) in [6.07, 6.45) is -1.08. The van der Waals surface area contributed by atoms with Crippen LogP contribution in [0, 0.1) is 18.6 Å². The summed E-state index contributed by atoms with van der Waals surface area (Å²) in [6, 6.07) is 9.87. The van der Waals surface area contributed by atoms with E-state index in [1.807, 2.05) is 0 Å². The smallest absolute Gasteiger partial charge is 0.138 e. The Morgan fingerprint density at radius 2 is 1.70 bits per heavy atom. The minimum absolute atomic E-state index is 0.263. The molecule has 1 N–H and O–H groups in total. The van der Waals surface area contributed by atoms with Crippen LogP contribution in [0.4, 0.5) is 8.78 Å². The molecule has 1 atom stereocenters. The van der Waals surface area contributed by atoms with Crippen LogP contribution < -0.4 is 0 Å². The van der Waals surface area contributed by atoms with E-state index in [0.717, 1.165) is 5.56 Å². The normalized spacial score (nSPS) is 12.8. The van der Waals surface area contributed by atoms with Gasteiger partial charge in [-0.05, 0) is 54.4 Å². The van der Waals surface area contributed by atoms with E-state index in [1.54, 1.807) is 19.1 Å². The van der Waals surface area contributed by atoms with Gasteiger partial charge in [-0.1, -0.05) is 6.07 Å². The number of hydrogen-bond donors (Lipinski definition) is 1. The summed E-state index contributed by atoms with van der Waals surface area (Å²) in [5, 5.41) is 10.9. The number of hydrogen-bond acceptors (Lipinski definition) is 2. The van der Waals surface area contributed by atoms with Crippen molar-refractivity contribution >= 4 is 11.0 Å². The van der Waals surface area contributed by atoms with Crippen molar-refractivity contribution in [2.45, 2.75) is 13.0 Å². The van der Waals surface area contributed by atoms with Gasteiger partial charge < -0.3 is 9.52 Å². The van der Waals surface area contributed by atoms with E-state index in [4.69, 9.17) is 4.42 Å². The molecule has 4 heteroatoms. The Morgan fingerprint density at radius 1 is 1.00 bits per heavy atom. The molecule has 0 radical (unpaired) electrons. The molecule has 0 saturated carbocycles. The highest BCUT2D eigenvalue weighted by Crippen LogP contribution is 2.30. The lowest BCUT2D eigenvalue weighted by atomic mass is 10.0. The van der Waals surface area contributed by atoms with Crippen LogP contribution >= 0.6 is 0 Å². The third kappa shape index (κ3) is 2.18. The summed E-state index contributed by atoms with van der Waals surface area (Å²) in [5.41, 5.74) is 1.67. The summed E-state index contributed by atoms with van der Waals surface area (Å²) in [6.45, 7) is 1.78. The van der Waals surface area contributed by atoms with Crippen molar-refractivity contribution in [3.8, 4) is 0 Å². The number of rotatable bonds is 2. The van der Waals surface area contributed by atoms with Crippen LogP contribution in [0.25, 0.3) is 11.0 Å². The summed E-state index contributed by atoms with van der Waals surface area (Å²) in [7, 11) is 0. The van der Waals surface area contributed by atoms with Crippen molar-refractivity contribution in [2.24, 2.45) is 0 Å². The summed E-state index contributed by atoms with van der Waals surface area (Å²) in [5.74, 6) is -0.535. The number of benzene rings is 2. The fourth-order valence-electron chi connectivity index (χ4n) is 2.23. The molecule has 0 fully saturated rings. The number of halogens is 2. The van der Waals surface area contributed by atoms with Crippen molar-refractivity contribution < 1.29 is 18.3 Å². The minimum Gasteiger partial charge on any atom is -0.458 e. The van der Waals surface area contributed by atoms with Gasteiger partial charge in [0.2, 0.25) is 0 Å². The molecular weight excluding hydrogens is 262 g/mol. The van der Waals surface area contributed by atoms with Gasteiger partial charge in [-0.2, -0.15) is 0 Å². The Balaban J connectivity index is 2.07. The molecular formula is C16H12F2O2. The van der Waals surface area contributed by atoms with Gasteiger partial charge in [-0.25, -0.2) is 8.78 Å². The number of aliphatic hydroxyl groups excluding tert-OH is 1. The molecule has 1 unspecified atom stereocenters. The first-order valence-electron chi connectivity index (χ1n) is 6.18. The van der Waals surface area contributed by atoms with E-state index in [9.17, 15) is 13.9 Å². The second-order valence-corrected chi connectivity index (χ2v) is 4.73. The second-order valence-electron chi connectivity index (χ2n) is 4.73. The van der Waals surface area contributed by atoms with Crippen molar-refractivity contribution in [1.82, 2.24) is 0 Å². The Kier molecular flexibility index (Phi) is 3.03. The largest absolute Gasteiger partial charge is 0.458 e. The van der Waals surface area contributed by atoms with Gasteiger partial charge >= 0.3 is 0 Å². The fourth-order valence-corrected chi connectivity index (χ4v) is 2.23. The van der Waals surface area contributed by atoms with E-state index in [2.05, 4.69) is 0 Å². The maximum atomic E-state index is 13.3. The van der Waals surface area contributed by atoms with Gasteiger partial charge in [-0.3, -0.25) is 0 Å². The predicted octanol–water partition coefficient (Wildman–Crippen LogP) is 4.10. The van der Waals surface area contributed by atoms with Crippen LogP contribution in [0.2, 0.25) is 0 Å². The first-order chi connectivity index (χ1) is 9.54. The molecule has 0 bridgehead atoms. The molecule has 2 nitrogen and oxygen atoms in total. The van der Waals surface area contributed by atoms with Crippen LogP contribution in [-0.2, 0) is 0 Å². The molecule has 20 heavy (non-hydrogen) atoms. The zero-order valence-electron chi connectivity index (χ0n) is 10.7. The monoisotopic (exact) mass is 274 g/mol. The SMILES string of the molecule is Cc1ccc(F)cc1C(O)c1cc2cc(F)ccc2o1. The highest BCUT2D eigenvalue weighted by molar-refractivity contribution is 5.78. The van der Waals surface area contributed by atoms with E-state index < -0.39 is 11.9 Å². The molecule has 0 amide bonds. The average molecular weight is 274 g/mol. The third-order valence-electron chi connectivity index (χ3n) is 3.30. The van der Waals surface area contributed by atoms with Gasteiger partial charge in [0, 0.05) is 5.39 Å². The predicted molar refractivity (Wildman–Crippen MR) is 71.4 cm³/mol. The third-order valence-corrected chi connectivity index (χ3v) is 3.30. The maximum absolute atomic E-state index is 13.3. The molecule has 1 aromatic heterocycles. The molecule has 1 heterocycles. The Morgan fingerprint density at radius 3 is 2.50 bits per heavy atom. The van der Waals surface area contributed by atoms with E-state index in [1.165, 1.54) is 30.3 Å². The number of aryl methyl sites for hydroxylation is 1. The summed E-state index contributed by atoms with van der Waals surface area (Å²) in [4.78, 5) is 0. The summed E-state index contributed by atoms with van der Waals surface area (Å²) >= 11 is 0. The second kappa shape index (κ2) is 4.72. The maximum Gasteiger partial charge on any atom is 0.138 e. The first-order valence-corrected chi connectivity index (χ1v) is 6.18. The lowest BCUT2D eigenvalue weighted by Crippen LogP contribution is -2.01. The molecule has 0 saturated heterocycles. The average Bonchev–Trinajstić information content (AvgIpc) is 2.83. The fraction of sp³-hybridized carbons (Fsp3) is 0.125. The number of aliphatic hydroxyl groups is 1. The lowest BCUT2D eigenvalue weighted by Gasteiger charge is -2.11. The zero-order chi connectivity index (χ0) is 14.3. The number of furan rings is 1. The molecule has 0 aliphatic carbocycles. The molecule has 0 aliphatic rings. The van der Waals surface area contributed by atoms with Crippen molar-refractivity contribution in [3.05, 3.63) is 71.0 Å². The van der Waals surface area contributed by atoms with Crippen LogP contribution in [0.15, 0.2) is 46.9 Å². The molecule has 3 aromatic rings. The summed E-state index contributed by atoms with van der Waals surface area (Å²) < 4.78 is 31.9. The van der Waals surface area contributed by atoms with Crippen LogP contribution in [-0.4, -0.2) is 5.11 Å². The van der Waals surface area contributed by atoms with E-state index >= 15 is 0 Å². The quantitative estimate of drug-likeness (QED) is 0.763. The first kappa shape index (κ1) is 12.8. The van der Waals surface area contributed by atoms with Crippen molar-refractivity contribution in [3.63, 3.8) is 0 Å². The Bertz CT molecular complexity index is 777. The minimum atomic E-state index is -1.08. The molecule has 2 aromatic carbocycles. The van der Waals surface area contributed by atoms with E-state index in [0.29, 0.717) is 16.5 Å². The van der Waals surface area contributed by atoms with Crippen molar-refractivity contribution in [1.29, 1.82) is 0 Å². The number of fused-ring (bicyclic) bond motifs is 1. The van der Waals surface area contributed by atoms with Crippen LogP contribution in [0.3, 0.4) is 0 Å². The Labute approximate surface area is 114 Å². The van der Waals surface area contributed by atoms with Gasteiger partial charge in [-0.15, -0.1) is 0 Å². The van der Waals surface area contributed by atoms with E-state index in [-0.39, 0.29) is 11.6 Å². The molecule has 0 aliphatic heterocycles. The standard InChI is InChI=1S/C16H12F2O2/c1-9-2-3-12(18)8-13(9)16(19)15-7-10-6-11(17)4-5-14(10)20-15/h2-8,16,19H,1H3. The molecule has 3 rings (SSSR count). The van der Waals surface area contributed by atoms with Crippen molar-refractivity contribution in [2.75, 3.05) is 0 Å². The Hall–Kier alpha value is -2.20. The lowest BCUT2D eigenvalue weighted by molar-refractivity contribution is 0.191. The van der Waals surface area contributed by atoms with Gasteiger partial charge in [0.1, 0.15) is 29.1 Å². The highest BCUT2D eigenvalue weighted by Gasteiger charge is 2.18. The highest BCUT2D eigenvalue weighted by atomic mass is 19.1. The van der Waals surface area contributed by atoms with Crippen LogP contribution in [0.1, 0.15) is 23.0 Å². The molecule has 102 valence electrons. The van der Waals surface area contributed by atoms with Gasteiger partial charge in [0.15, 0.2) is 0 Å². The van der Waals surface area contributed by atoms with Gasteiger partial charge in [0.05, 0.1) is 0 Å². The topological polar surface area (TPSA) is 33.4 Å². The molecule has 0 spiro atoms. The van der Waals surface area contributed by atoms with Gasteiger partial charge in [0.25, 0.3) is 0 Å². The van der Waals surface area contributed by atoms with Crippen LogP contribution in [0.5, 0.6) is 0 Å². The zero-order valence-corrected chi connectivity index (χ0v) is 10.7.